The molecule has 2 amide bonds. The molecule has 3 aromatic rings. The highest BCUT2D eigenvalue weighted by atomic mass is 35.5. The van der Waals surface area contributed by atoms with E-state index in [2.05, 4.69) is 24.7 Å². The predicted octanol–water partition coefficient (Wildman–Crippen LogP) is 3.89. The van der Waals surface area contributed by atoms with Crippen LogP contribution in [0.15, 0.2) is 52.2 Å². The first-order valence-corrected chi connectivity index (χ1v) is 11.5. The van der Waals surface area contributed by atoms with Gasteiger partial charge in [0.2, 0.25) is 0 Å². The van der Waals surface area contributed by atoms with Crippen molar-refractivity contribution >= 4 is 45.0 Å². The zero-order chi connectivity index (χ0) is 22.9. The van der Waals surface area contributed by atoms with E-state index in [0.717, 1.165) is 24.6 Å². The van der Waals surface area contributed by atoms with E-state index >= 15 is 0 Å². The molecule has 4 rings (SSSR count). The molecule has 2 heterocycles. The van der Waals surface area contributed by atoms with Gasteiger partial charge in [0, 0.05) is 24.3 Å². The molecule has 1 aromatic carbocycles. The van der Waals surface area contributed by atoms with Crippen LogP contribution in [0.3, 0.4) is 0 Å². The van der Waals surface area contributed by atoms with E-state index in [1.54, 1.807) is 6.07 Å². The number of hydrogen-bond donors (Lipinski definition) is 2. The lowest BCUT2D eigenvalue weighted by molar-refractivity contribution is 0.250. The number of pyridine rings is 1. The van der Waals surface area contributed by atoms with Crippen molar-refractivity contribution < 1.29 is 22.5 Å². The molecule has 2 N–H and O–H groups in total. The van der Waals surface area contributed by atoms with Crippen molar-refractivity contribution in [3.05, 3.63) is 53.4 Å². The Morgan fingerprint density at radius 3 is 2.62 bits per heavy atom. The molecule has 10 nitrogen and oxygen atoms in total. The Morgan fingerprint density at radius 2 is 2.06 bits per heavy atom. The molecule has 12 heteroatoms. The maximum absolute atomic E-state index is 12.7. The SMILES string of the molecule is CNC(=O)N(c1ccc(S(=O)(=O)Nc2ccon2)cn1)c1cc(Cl)c(C2CC2)cc1OC. The molecular formula is C20H20ClN5O5S. The van der Waals surface area contributed by atoms with Gasteiger partial charge in [0.1, 0.15) is 22.7 Å². The van der Waals surface area contributed by atoms with E-state index in [1.165, 1.54) is 43.5 Å². The molecular weight excluding hydrogens is 458 g/mol. The number of halogens is 1. The third kappa shape index (κ3) is 4.34. The maximum atomic E-state index is 12.7. The van der Waals surface area contributed by atoms with Crippen LogP contribution in [-0.4, -0.2) is 38.7 Å². The quantitative estimate of drug-likeness (QED) is 0.528. The number of carbonyl (C=O) groups excluding carboxylic acids is 1. The number of urea groups is 1. The lowest BCUT2D eigenvalue weighted by Crippen LogP contribution is -2.35. The van der Waals surface area contributed by atoms with E-state index < -0.39 is 16.1 Å². The Hall–Kier alpha value is -3.31. The van der Waals surface area contributed by atoms with Crippen LogP contribution in [0.4, 0.5) is 22.1 Å². The van der Waals surface area contributed by atoms with Gasteiger partial charge in [0.25, 0.3) is 10.0 Å². The van der Waals surface area contributed by atoms with Crippen LogP contribution in [-0.2, 0) is 10.0 Å². The molecule has 0 radical (unpaired) electrons. The highest BCUT2D eigenvalue weighted by molar-refractivity contribution is 7.92. The minimum absolute atomic E-state index is 0.0381. The van der Waals surface area contributed by atoms with Crippen LogP contribution in [0.1, 0.15) is 24.3 Å². The fourth-order valence-electron chi connectivity index (χ4n) is 3.18. The minimum atomic E-state index is -3.94. The number of anilines is 3. The number of aromatic nitrogens is 2. The monoisotopic (exact) mass is 477 g/mol. The van der Waals surface area contributed by atoms with Gasteiger partial charge in [-0.3, -0.25) is 4.72 Å². The molecule has 0 spiro atoms. The van der Waals surface area contributed by atoms with E-state index in [1.807, 2.05) is 6.07 Å². The molecule has 168 valence electrons. The molecule has 1 saturated carbocycles. The summed E-state index contributed by atoms with van der Waals surface area (Å²) in [5, 5.41) is 6.60. The number of methoxy groups -OCH3 is 1. The van der Waals surface area contributed by atoms with Gasteiger partial charge >= 0.3 is 6.03 Å². The molecule has 1 aliphatic carbocycles. The molecule has 0 aliphatic heterocycles. The molecule has 1 aliphatic rings. The maximum Gasteiger partial charge on any atom is 0.327 e. The summed E-state index contributed by atoms with van der Waals surface area (Å²) < 4.78 is 37.5. The average molecular weight is 478 g/mol. The second-order valence-electron chi connectivity index (χ2n) is 7.05. The number of hydrogen-bond acceptors (Lipinski definition) is 7. The van der Waals surface area contributed by atoms with Crippen molar-refractivity contribution in [3.8, 4) is 5.75 Å². The van der Waals surface area contributed by atoms with Crippen LogP contribution in [0.5, 0.6) is 5.75 Å². The highest BCUT2D eigenvalue weighted by Gasteiger charge is 2.30. The number of sulfonamides is 1. The zero-order valence-electron chi connectivity index (χ0n) is 17.2. The Kier molecular flexibility index (Phi) is 5.94. The lowest BCUT2D eigenvalue weighted by Gasteiger charge is -2.24. The summed E-state index contributed by atoms with van der Waals surface area (Å²) in [6.07, 6.45) is 4.50. The van der Waals surface area contributed by atoms with Crippen molar-refractivity contribution in [1.82, 2.24) is 15.5 Å². The first-order chi connectivity index (χ1) is 15.3. The lowest BCUT2D eigenvalue weighted by atomic mass is 10.1. The number of benzene rings is 1. The second kappa shape index (κ2) is 8.67. The fraction of sp³-hybridized carbons (Fsp3) is 0.250. The molecule has 32 heavy (non-hydrogen) atoms. The molecule has 0 unspecified atom stereocenters. The Labute approximate surface area is 189 Å². The van der Waals surface area contributed by atoms with Gasteiger partial charge < -0.3 is 14.6 Å². The number of ether oxygens (including phenoxy) is 1. The summed E-state index contributed by atoms with van der Waals surface area (Å²) in [6, 6.07) is 7.09. The van der Waals surface area contributed by atoms with Gasteiger partial charge in [-0.05, 0) is 48.6 Å². The van der Waals surface area contributed by atoms with Crippen LogP contribution >= 0.6 is 11.6 Å². The minimum Gasteiger partial charge on any atom is -0.495 e. The fourth-order valence-corrected chi connectivity index (χ4v) is 4.43. The van der Waals surface area contributed by atoms with E-state index in [-0.39, 0.29) is 16.5 Å². The molecule has 2 aromatic heterocycles. The summed E-state index contributed by atoms with van der Waals surface area (Å²) in [5.41, 5.74) is 1.35. The molecule has 0 saturated heterocycles. The largest absolute Gasteiger partial charge is 0.495 e. The first kappa shape index (κ1) is 21.9. The first-order valence-electron chi connectivity index (χ1n) is 9.62. The van der Waals surface area contributed by atoms with E-state index in [4.69, 9.17) is 16.3 Å². The summed E-state index contributed by atoms with van der Waals surface area (Å²) in [6.45, 7) is 0. The number of nitrogens with one attached hydrogen (secondary N) is 2. The van der Waals surface area contributed by atoms with Gasteiger partial charge in [0.15, 0.2) is 5.82 Å². The van der Waals surface area contributed by atoms with Crippen LogP contribution in [0.2, 0.25) is 5.02 Å². The standard InChI is InChI=1S/C20H20ClN5O5S/c1-22-20(27)26(16-10-15(21)14(12-3-4-12)9-17(16)30-2)19-6-5-13(11-23-19)32(28,29)25-18-7-8-31-24-18/h5-12H,3-4H2,1-2H3,(H,22,27)(H,24,25). The normalized spacial score (nSPS) is 13.5. The Balaban J connectivity index is 1.70. The van der Waals surface area contributed by atoms with Gasteiger partial charge in [-0.1, -0.05) is 16.8 Å². The predicted molar refractivity (Wildman–Crippen MR) is 118 cm³/mol. The van der Waals surface area contributed by atoms with Crippen molar-refractivity contribution in [2.75, 3.05) is 23.8 Å². The summed E-state index contributed by atoms with van der Waals surface area (Å²) in [5.74, 6) is 1.05. The van der Waals surface area contributed by atoms with Gasteiger partial charge in [0.05, 0.1) is 12.8 Å². The zero-order valence-corrected chi connectivity index (χ0v) is 18.8. The smallest absolute Gasteiger partial charge is 0.327 e. The van der Waals surface area contributed by atoms with Crippen LogP contribution < -0.4 is 19.7 Å². The molecule has 1 fully saturated rings. The summed E-state index contributed by atoms with van der Waals surface area (Å²) in [7, 11) is -0.965. The third-order valence-corrected chi connectivity index (χ3v) is 6.58. The van der Waals surface area contributed by atoms with Crippen LogP contribution in [0, 0.1) is 0 Å². The number of rotatable bonds is 7. The number of nitrogens with zero attached hydrogens (tertiary/aromatic N) is 3. The van der Waals surface area contributed by atoms with Crippen molar-refractivity contribution in [2.45, 2.75) is 23.7 Å². The Bertz CT molecular complexity index is 1230. The van der Waals surface area contributed by atoms with Crippen molar-refractivity contribution in [2.24, 2.45) is 0 Å². The van der Waals surface area contributed by atoms with Gasteiger partial charge in [-0.2, -0.15) is 0 Å². The van der Waals surface area contributed by atoms with Gasteiger partial charge in [-0.25, -0.2) is 23.1 Å². The highest BCUT2D eigenvalue weighted by Crippen LogP contribution is 2.47. The van der Waals surface area contributed by atoms with Gasteiger partial charge in [-0.15, -0.1) is 0 Å². The van der Waals surface area contributed by atoms with E-state index in [0.29, 0.717) is 22.4 Å². The number of amides is 2. The summed E-state index contributed by atoms with van der Waals surface area (Å²) >= 11 is 6.49. The Morgan fingerprint density at radius 1 is 1.28 bits per heavy atom. The van der Waals surface area contributed by atoms with Crippen molar-refractivity contribution in [3.63, 3.8) is 0 Å². The molecule has 0 bridgehead atoms. The van der Waals surface area contributed by atoms with Crippen molar-refractivity contribution in [1.29, 1.82) is 0 Å². The van der Waals surface area contributed by atoms with Crippen LogP contribution in [0.25, 0.3) is 0 Å². The third-order valence-electron chi connectivity index (χ3n) is 4.91. The number of carbonyl (C=O) groups is 1. The summed E-state index contributed by atoms with van der Waals surface area (Å²) in [4.78, 5) is 18.1. The molecule has 0 atom stereocenters. The topological polar surface area (TPSA) is 127 Å². The second-order valence-corrected chi connectivity index (χ2v) is 9.14. The average Bonchev–Trinajstić information content (AvgIpc) is 3.50. The van der Waals surface area contributed by atoms with E-state index in [9.17, 15) is 13.2 Å².